The number of carbonyl (C=O) groups excluding carboxylic acids is 4. The van der Waals surface area contributed by atoms with Crippen molar-refractivity contribution in [3.63, 3.8) is 0 Å². The van der Waals surface area contributed by atoms with Gasteiger partial charge in [-0.1, -0.05) is 0 Å². The van der Waals surface area contributed by atoms with E-state index in [0.29, 0.717) is 23.4 Å². The maximum Gasteiger partial charge on any atom is 0.331 e. The van der Waals surface area contributed by atoms with Crippen LogP contribution in [0.4, 0.5) is 0 Å². The molecule has 0 aromatic carbocycles. The van der Waals surface area contributed by atoms with Gasteiger partial charge in [-0.15, -0.1) is 0 Å². The zero-order valence-electron chi connectivity index (χ0n) is 17.0. The Morgan fingerprint density at radius 3 is 1.50 bits per heavy atom. The number of ether oxygens (including phenoxy) is 2. The number of hydrogen-bond donors (Lipinski definition) is 0. The van der Waals surface area contributed by atoms with Gasteiger partial charge in [0.25, 0.3) is 11.8 Å². The number of hydrogen-bond acceptors (Lipinski definition) is 10. The van der Waals surface area contributed by atoms with Crippen LogP contribution in [0.2, 0.25) is 0 Å². The van der Waals surface area contributed by atoms with Gasteiger partial charge in [-0.05, 0) is 37.4 Å². The summed E-state index contributed by atoms with van der Waals surface area (Å²) in [5.74, 6) is -2.05. The van der Waals surface area contributed by atoms with Gasteiger partial charge in [0.2, 0.25) is 0 Å². The molecule has 2 aliphatic heterocycles. The average Bonchev–Trinajstić information content (AvgIpc) is 3.17. The standard InChI is InChI=1S/C18H22N4O6S2/c1-5-19-17-21(15(25)11(29-17)9-13(23)27-3)7-8-22-16(26)12(10-14(24)28-4)30-18(22)20-6-2/h9-10H,5-8H2,1-4H3/b11-9-,12-10-,19-17?,20-18?. The number of carbonyl (C=O) groups is 4. The van der Waals surface area contributed by atoms with E-state index in [2.05, 4.69) is 19.5 Å². The first-order chi connectivity index (χ1) is 14.4. The average molecular weight is 455 g/mol. The number of rotatable bonds is 7. The Morgan fingerprint density at radius 2 is 1.20 bits per heavy atom. The molecule has 0 N–H and O–H groups in total. The van der Waals surface area contributed by atoms with Gasteiger partial charge in [0, 0.05) is 38.3 Å². The van der Waals surface area contributed by atoms with Crippen molar-refractivity contribution < 1.29 is 28.7 Å². The minimum Gasteiger partial charge on any atom is -0.466 e. The zero-order valence-corrected chi connectivity index (χ0v) is 18.7. The second-order valence-corrected chi connectivity index (χ2v) is 7.71. The number of aliphatic imine (C=N–C) groups is 2. The molecule has 0 aromatic heterocycles. The monoisotopic (exact) mass is 454 g/mol. The van der Waals surface area contributed by atoms with Crippen LogP contribution >= 0.6 is 23.5 Å². The van der Waals surface area contributed by atoms with Gasteiger partial charge >= 0.3 is 11.9 Å². The molecule has 0 unspecified atom stereocenters. The van der Waals surface area contributed by atoms with Gasteiger partial charge in [0.15, 0.2) is 10.3 Å². The van der Waals surface area contributed by atoms with Crippen LogP contribution in [0.1, 0.15) is 13.8 Å². The molecule has 2 rings (SSSR count). The minimum atomic E-state index is -0.635. The number of thioether (sulfide) groups is 2. The molecule has 2 saturated heterocycles. The molecule has 0 aromatic rings. The van der Waals surface area contributed by atoms with Crippen LogP contribution in [0.5, 0.6) is 0 Å². The third-order valence-corrected chi connectivity index (χ3v) is 5.90. The second kappa shape index (κ2) is 11.0. The molecule has 0 saturated carbocycles. The van der Waals surface area contributed by atoms with Crippen molar-refractivity contribution >= 4 is 57.6 Å². The van der Waals surface area contributed by atoms with Gasteiger partial charge in [-0.2, -0.15) is 0 Å². The topological polar surface area (TPSA) is 118 Å². The van der Waals surface area contributed by atoms with Gasteiger partial charge in [0.05, 0.1) is 24.0 Å². The van der Waals surface area contributed by atoms with Crippen molar-refractivity contribution in [3.05, 3.63) is 22.0 Å². The van der Waals surface area contributed by atoms with E-state index in [4.69, 9.17) is 0 Å². The van der Waals surface area contributed by atoms with Crippen molar-refractivity contribution in [1.82, 2.24) is 9.80 Å². The zero-order chi connectivity index (χ0) is 22.3. The summed E-state index contributed by atoms with van der Waals surface area (Å²) in [6, 6.07) is 0. The van der Waals surface area contributed by atoms with Crippen LogP contribution in [-0.4, -0.2) is 84.3 Å². The Hall–Kier alpha value is -2.60. The Morgan fingerprint density at radius 1 is 0.833 bits per heavy atom. The van der Waals surface area contributed by atoms with Gasteiger partial charge in [-0.3, -0.25) is 29.4 Å². The lowest BCUT2D eigenvalue weighted by Crippen LogP contribution is -2.40. The van der Waals surface area contributed by atoms with E-state index in [1.54, 1.807) is 0 Å². The molecule has 30 heavy (non-hydrogen) atoms. The number of amides is 2. The van der Waals surface area contributed by atoms with Gasteiger partial charge in [0.1, 0.15) is 0 Å². The summed E-state index contributed by atoms with van der Waals surface area (Å²) < 4.78 is 9.17. The summed E-state index contributed by atoms with van der Waals surface area (Å²) in [7, 11) is 2.46. The molecule has 2 aliphatic rings. The van der Waals surface area contributed by atoms with E-state index < -0.39 is 23.8 Å². The van der Waals surface area contributed by atoms with E-state index in [-0.39, 0.29) is 22.9 Å². The van der Waals surface area contributed by atoms with Crippen molar-refractivity contribution in [2.24, 2.45) is 9.98 Å². The lowest BCUT2D eigenvalue weighted by Gasteiger charge is -2.20. The van der Waals surface area contributed by atoms with Crippen LogP contribution in [-0.2, 0) is 28.7 Å². The number of amidine groups is 2. The molecule has 0 atom stereocenters. The summed E-state index contributed by atoms with van der Waals surface area (Å²) in [5.41, 5.74) is 0. The van der Waals surface area contributed by atoms with E-state index in [1.807, 2.05) is 13.8 Å². The van der Waals surface area contributed by atoms with Crippen LogP contribution in [0.15, 0.2) is 31.9 Å². The Bertz CT molecular complexity index is 795. The lowest BCUT2D eigenvalue weighted by atomic mass is 10.3. The summed E-state index contributed by atoms with van der Waals surface area (Å²) in [5, 5.41) is 0.882. The molecule has 162 valence electrons. The fourth-order valence-corrected chi connectivity index (χ4v) is 4.50. The van der Waals surface area contributed by atoms with Crippen molar-refractivity contribution in [2.75, 3.05) is 40.4 Å². The fraction of sp³-hybridized carbons (Fsp3) is 0.444. The molecule has 0 spiro atoms. The normalized spacial score (nSPS) is 22.1. The SMILES string of the molecule is CCN=C1S/C(=C\C(=O)OC)C(=O)N1CCN1C(=O)/C(=C/C(=O)OC)SC1=NCC. The Labute approximate surface area is 182 Å². The summed E-state index contributed by atoms with van der Waals surface area (Å²) in [6.07, 6.45) is 2.24. The smallest absolute Gasteiger partial charge is 0.331 e. The Kier molecular flexibility index (Phi) is 8.66. The summed E-state index contributed by atoms with van der Waals surface area (Å²) in [6.45, 7) is 4.84. The predicted octanol–water partition coefficient (Wildman–Crippen LogP) is 1.00. The molecule has 12 heteroatoms. The lowest BCUT2D eigenvalue weighted by molar-refractivity contribution is -0.136. The molecular formula is C18H22N4O6S2. The maximum atomic E-state index is 12.7. The fourth-order valence-electron chi connectivity index (χ4n) is 2.45. The van der Waals surface area contributed by atoms with Crippen LogP contribution < -0.4 is 0 Å². The highest BCUT2D eigenvalue weighted by molar-refractivity contribution is 8.18. The van der Waals surface area contributed by atoms with Crippen molar-refractivity contribution in [1.29, 1.82) is 0 Å². The Balaban J connectivity index is 2.22. The highest BCUT2D eigenvalue weighted by atomic mass is 32.2. The molecule has 2 heterocycles. The third-order valence-electron chi connectivity index (χ3n) is 3.81. The van der Waals surface area contributed by atoms with Crippen LogP contribution in [0.25, 0.3) is 0 Å². The van der Waals surface area contributed by atoms with Gasteiger partial charge in [-0.25, -0.2) is 9.59 Å². The first-order valence-electron chi connectivity index (χ1n) is 9.03. The van der Waals surface area contributed by atoms with Gasteiger partial charge < -0.3 is 9.47 Å². The van der Waals surface area contributed by atoms with E-state index in [0.717, 1.165) is 35.7 Å². The molecule has 0 bridgehead atoms. The predicted molar refractivity (Wildman–Crippen MR) is 115 cm³/mol. The first kappa shape index (κ1) is 23.7. The molecule has 0 aliphatic carbocycles. The van der Waals surface area contributed by atoms with Crippen molar-refractivity contribution in [3.8, 4) is 0 Å². The van der Waals surface area contributed by atoms with E-state index in [1.165, 1.54) is 24.0 Å². The second-order valence-electron chi connectivity index (χ2n) is 5.70. The number of methoxy groups -OCH3 is 2. The largest absolute Gasteiger partial charge is 0.466 e. The van der Waals surface area contributed by atoms with Crippen molar-refractivity contribution in [2.45, 2.75) is 13.8 Å². The van der Waals surface area contributed by atoms with E-state index in [9.17, 15) is 19.2 Å². The number of esters is 2. The summed E-state index contributed by atoms with van der Waals surface area (Å²) >= 11 is 2.15. The highest BCUT2D eigenvalue weighted by Crippen LogP contribution is 2.33. The first-order valence-corrected chi connectivity index (χ1v) is 10.7. The summed E-state index contributed by atoms with van der Waals surface area (Å²) in [4.78, 5) is 60.3. The maximum absolute atomic E-state index is 12.7. The molecule has 2 fully saturated rings. The van der Waals surface area contributed by atoms with Crippen LogP contribution in [0.3, 0.4) is 0 Å². The third kappa shape index (κ3) is 5.51. The quantitative estimate of drug-likeness (QED) is 0.413. The van der Waals surface area contributed by atoms with E-state index >= 15 is 0 Å². The minimum absolute atomic E-state index is 0.143. The molecule has 0 radical (unpaired) electrons. The molecule has 2 amide bonds. The molecular weight excluding hydrogens is 432 g/mol. The van der Waals surface area contributed by atoms with Crippen LogP contribution in [0, 0.1) is 0 Å². The number of nitrogens with zero attached hydrogens (tertiary/aromatic N) is 4. The highest BCUT2D eigenvalue weighted by Gasteiger charge is 2.37. The molecule has 10 nitrogen and oxygen atoms in total.